The number of hydrogen-bond acceptors (Lipinski definition) is 3. The number of carbonyl (C=O) groups is 1. The van der Waals surface area contributed by atoms with Crippen molar-refractivity contribution in [2.75, 3.05) is 13.1 Å². The van der Waals surface area contributed by atoms with Crippen LogP contribution in [0.15, 0.2) is 6.07 Å². The highest BCUT2D eigenvalue weighted by atomic mass is 16.2. The van der Waals surface area contributed by atoms with Crippen molar-refractivity contribution in [2.24, 2.45) is 0 Å². The van der Waals surface area contributed by atoms with E-state index in [9.17, 15) is 4.79 Å². The van der Waals surface area contributed by atoms with Crippen LogP contribution in [-0.2, 0) is 13.0 Å². The van der Waals surface area contributed by atoms with E-state index in [4.69, 9.17) is 11.7 Å². The molecular weight excluding hydrogens is 228 g/mol. The van der Waals surface area contributed by atoms with Crippen molar-refractivity contribution in [1.82, 2.24) is 14.7 Å². The average molecular weight is 244 g/mol. The Bertz CT molecular complexity index is 488. The van der Waals surface area contributed by atoms with E-state index in [0.717, 1.165) is 12.1 Å². The number of aromatic nitrogens is 2. The minimum atomic E-state index is -0.247. The summed E-state index contributed by atoms with van der Waals surface area (Å²) in [5, 5.41) is 13.0. The first-order valence-corrected chi connectivity index (χ1v) is 5.84. The molecule has 0 spiro atoms. The van der Waals surface area contributed by atoms with Crippen LogP contribution in [0.3, 0.4) is 0 Å². The molecule has 0 radical (unpaired) electrons. The van der Waals surface area contributed by atoms with Gasteiger partial charge in [-0.3, -0.25) is 9.48 Å². The molecule has 0 unspecified atom stereocenters. The monoisotopic (exact) mass is 244 g/mol. The molecule has 0 aliphatic heterocycles. The summed E-state index contributed by atoms with van der Waals surface area (Å²) in [6.07, 6.45) is 5.97. The molecular formula is C13H16N4O. The molecule has 0 aliphatic carbocycles. The molecule has 1 heterocycles. The van der Waals surface area contributed by atoms with E-state index in [1.807, 2.05) is 19.9 Å². The van der Waals surface area contributed by atoms with Gasteiger partial charge in [0.25, 0.3) is 5.91 Å². The third-order valence-electron chi connectivity index (χ3n) is 2.54. The Balaban J connectivity index is 3.04. The van der Waals surface area contributed by atoms with Crippen molar-refractivity contribution < 1.29 is 4.79 Å². The van der Waals surface area contributed by atoms with Crippen molar-refractivity contribution in [2.45, 2.75) is 26.8 Å². The van der Waals surface area contributed by atoms with Gasteiger partial charge >= 0.3 is 0 Å². The molecule has 0 fully saturated rings. The predicted octanol–water partition coefficient (Wildman–Crippen LogP) is 1.06. The van der Waals surface area contributed by atoms with Crippen LogP contribution < -0.4 is 0 Å². The second-order valence-corrected chi connectivity index (χ2v) is 3.71. The number of carbonyl (C=O) groups excluding carboxylic acids is 1. The number of rotatable bonds is 5. The Morgan fingerprint density at radius 1 is 1.56 bits per heavy atom. The summed E-state index contributed by atoms with van der Waals surface area (Å²) in [6.45, 7) is 4.61. The molecule has 5 nitrogen and oxygen atoms in total. The lowest BCUT2D eigenvalue weighted by Crippen LogP contribution is -2.33. The molecule has 94 valence electrons. The van der Waals surface area contributed by atoms with Gasteiger partial charge in [-0.2, -0.15) is 10.4 Å². The summed E-state index contributed by atoms with van der Waals surface area (Å²) in [6, 6.07) is 3.70. The van der Waals surface area contributed by atoms with Crippen LogP contribution in [0.4, 0.5) is 0 Å². The van der Waals surface area contributed by atoms with Crippen LogP contribution in [0.25, 0.3) is 0 Å². The fraction of sp³-hybridized carbons (Fsp3) is 0.462. The van der Waals surface area contributed by atoms with Crippen LogP contribution in [-0.4, -0.2) is 33.7 Å². The van der Waals surface area contributed by atoms with Crippen LogP contribution in [0.1, 0.15) is 30.0 Å². The summed E-state index contributed by atoms with van der Waals surface area (Å²) in [5.41, 5.74) is 1.35. The molecule has 0 aliphatic rings. The summed E-state index contributed by atoms with van der Waals surface area (Å²) in [5.74, 6) is 2.14. The molecule has 0 saturated heterocycles. The number of hydrogen-bond donors (Lipinski definition) is 0. The number of amides is 1. The van der Waals surface area contributed by atoms with Gasteiger partial charge in [-0.1, -0.05) is 12.8 Å². The highest BCUT2D eigenvalue weighted by Crippen LogP contribution is 2.09. The number of nitrogens with zero attached hydrogens (tertiary/aromatic N) is 4. The van der Waals surface area contributed by atoms with Gasteiger partial charge in [0.1, 0.15) is 12.2 Å². The molecule has 0 saturated carbocycles. The highest BCUT2D eigenvalue weighted by molar-refractivity contribution is 5.93. The summed E-state index contributed by atoms with van der Waals surface area (Å²) in [4.78, 5) is 13.6. The molecule has 0 aromatic carbocycles. The van der Waals surface area contributed by atoms with Gasteiger partial charge in [0.2, 0.25) is 0 Å². The Morgan fingerprint density at radius 3 is 2.78 bits per heavy atom. The normalized spacial score (nSPS) is 9.56. The van der Waals surface area contributed by atoms with Gasteiger partial charge in [0, 0.05) is 6.54 Å². The van der Waals surface area contributed by atoms with Gasteiger partial charge < -0.3 is 4.90 Å². The molecule has 18 heavy (non-hydrogen) atoms. The molecule has 1 aromatic rings. The number of nitriles is 1. The Hall–Kier alpha value is -2.27. The zero-order valence-corrected chi connectivity index (χ0v) is 10.7. The maximum Gasteiger partial charge on any atom is 0.273 e. The van der Waals surface area contributed by atoms with Crippen LogP contribution >= 0.6 is 0 Å². The van der Waals surface area contributed by atoms with E-state index in [1.54, 1.807) is 10.7 Å². The molecule has 0 atom stereocenters. The van der Waals surface area contributed by atoms with Crippen LogP contribution in [0.5, 0.6) is 0 Å². The van der Waals surface area contributed by atoms with Crippen molar-refractivity contribution in [1.29, 1.82) is 5.26 Å². The molecule has 1 rings (SSSR count). The average Bonchev–Trinajstić information content (AvgIpc) is 2.81. The minimum Gasteiger partial charge on any atom is -0.313 e. The summed E-state index contributed by atoms with van der Waals surface area (Å²) >= 11 is 0. The zero-order chi connectivity index (χ0) is 13.5. The van der Waals surface area contributed by atoms with Crippen molar-refractivity contribution in [3.63, 3.8) is 0 Å². The summed E-state index contributed by atoms with van der Waals surface area (Å²) < 4.78 is 1.64. The van der Waals surface area contributed by atoms with Crippen molar-refractivity contribution in [3.05, 3.63) is 17.5 Å². The largest absolute Gasteiger partial charge is 0.313 e. The van der Waals surface area contributed by atoms with Gasteiger partial charge in [0.05, 0.1) is 18.3 Å². The first-order valence-electron chi connectivity index (χ1n) is 5.84. The quantitative estimate of drug-likeness (QED) is 0.575. The number of aryl methyl sites for hydroxylation is 2. The molecule has 5 heteroatoms. The zero-order valence-electron chi connectivity index (χ0n) is 10.7. The van der Waals surface area contributed by atoms with Gasteiger partial charge in [-0.05, 0) is 19.4 Å². The Morgan fingerprint density at radius 2 is 2.28 bits per heavy atom. The fourth-order valence-electron chi connectivity index (χ4n) is 1.61. The van der Waals surface area contributed by atoms with E-state index in [2.05, 4.69) is 11.0 Å². The SMILES string of the molecule is C#CCN(CC#N)C(=O)c1cc(CC)nn1CC. The summed E-state index contributed by atoms with van der Waals surface area (Å²) in [7, 11) is 0. The smallest absolute Gasteiger partial charge is 0.273 e. The lowest BCUT2D eigenvalue weighted by Gasteiger charge is -2.16. The molecule has 1 aromatic heterocycles. The van der Waals surface area contributed by atoms with Crippen molar-refractivity contribution in [3.8, 4) is 18.4 Å². The molecule has 1 amide bonds. The first-order chi connectivity index (χ1) is 8.67. The lowest BCUT2D eigenvalue weighted by atomic mass is 10.2. The third kappa shape index (κ3) is 2.89. The second kappa shape index (κ2) is 6.46. The molecule has 0 N–H and O–H groups in total. The van der Waals surface area contributed by atoms with E-state index in [0.29, 0.717) is 12.2 Å². The van der Waals surface area contributed by atoms with E-state index in [1.165, 1.54) is 4.90 Å². The van der Waals surface area contributed by atoms with E-state index in [-0.39, 0.29) is 19.0 Å². The Kier molecular flexibility index (Phi) is 4.95. The van der Waals surface area contributed by atoms with E-state index < -0.39 is 0 Å². The van der Waals surface area contributed by atoms with E-state index >= 15 is 0 Å². The predicted molar refractivity (Wildman–Crippen MR) is 67.6 cm³/mol. The first kappa shape index (κ1) is 13.8. The standard InChI is InChI=1S/C13H16N4O/c1-4-8-16(9-7-14)13(18)12-10-11(5-2)15-17(12)6-3/h1,10H,5-6,8-9H2,2-3H3. The maximum absolute atomic E-state index is 12.3. The number of terminal acetylenes is 1. The van der Waals surface area contributed by atoms with Crippen LogP contribution in [0, 0.1) is 23.7 Å². The lowest BCUT2D eigenvalue weighted by molar-refractivity contribution is 0.0783. The highest BCUT2D eigenvalue weighted by Gasteiger charge is 2.19. The van der Waals surface area contributed by atoms with Gasteiger partial charge in [-0.15, -0.1) is 6.42 Å². The van der Waals surface area contributed by atoms with Crippen LogP contribution in [0.2, 0.25) is 0 Å². The minimum absolute atomic E-state index is 0.0145. The topological polar surface area (TPSA) is 61.9 Å². The molecule has 0 bridgehead atoms. The Labute approximate surface area is 107 Å². The van der Waals surface area contributed by atoms with Crippen molar-refractivity contribution >= 4 is 5.91 Å². The second-order valence-electron chi connectivity index (χ2n) is 3.71. The third-order valence-corrected chi connectivity index (χ3v) is 2.54. The van der Waals surface area contributed by atoms with Gasteiger partial charge in [0.15, 0.2) is 0 Å². The van der Waals surface area contributed by atoms with Gasteiger partial charge in [-0.25, -0.2) is 0 Å². The maximum atomic E-state index is 12.3. The fourth-order valence-corrected chi connectivity index (χ4v) is 1.61.